The molecule has 3 rings (SSSR count). The van der Waals surface area contributed by atoms with Crippen molar-refractivity contribution in [2.24, 2.45) is 5.92 Å². The smallest absolute Gasteiger partial charge is 0.223 e. The average molecular weight is 246 g/mol. The van der Waals surface area contributed by atoms with Crippen molar-refractivity contribution in [1.82, 2.24) is 9.80 Å². The molecular formula is C15H22N2O. The van der Waals surface area contributed by atoms with Crippen molar-refractivity contribution in [1.29, 1.82) is 0 Å². The van der Waals surface area contributed by atoms with Crippen LogP contribution in [-0.4, -0.2) is 47.4 Å². The van der Waals surface area contributed by atoms with Crippen LogP contribution in [0.2, 0.25) is 0 Å². The highest BCUT2D eigenvalue weighted by Crippen LogP contribution is 2.40. The predicted octanol–water partition coefficient (Wildman–Crippen LogP) is 1.48. The maximum Gasteiger partial charge on any atom is 0.223 e. The summed E-state index contributed by atoms with van der Waals surface area (Å²) in [6.07, 6.45) is 12.4. The lowest BCUT2D eigenvalue weighted by Crippen LogP contribution is -2.41. The lowest BCUT2D eigenvalue weighted by molar-refractivity contribution is -0.130. The van der Waals surface area contributed by atoms with E-state index in [1.165, 1.54) is 25.8 Å². The molecule has 0 aromatic carbocycles. The fraction of sp³-hybridized carbons (Fsp3) is 0.800. The first-order valence-electron chi connectivity index (χ1n) is 7.25. The van der Waals surface area contributed by atoms with Gasteiger partial charge in [0.1, 0.15) is 0 Å². The number of carbonyl (C=O) groups excluding carboxylic acids is 1. The third-order valence-corrected chi connectivity index (χ3v) is 4.98. The number of hydrogen-bond acceptors (Lipinski definition) is 2. The van der Waals surface area contributed by atoms with E-state index in [2.05, 4.69) is 10.8 Å². The molecule has 98 valence electrons. The van der Waals surface area contributed by atoms with Gasteiger partial charge in [-0.3, -0.25) is 9.69 Å². The summed E-state index contributed by atoms with van der Waals surface area (Å²) >= 11 is 0. The molecule has 3 fully saturated rings. The maximum absolute atomic E-state index is 11.9. The molecule has 3 atom stereocenters. The Morgan fingerprint density at radius 3 is 2.78 bits per heavy atom. The summed E-state index contributed by atoms with van der Waals surface area (Å²) < 4.78 is 0. The number of fused-ring (bicyclic) bond motifs is 2. The quantitative estimate of drug-likeness (QED) is 0.689. The molecule has 1 aliphatic carbocycles. The zero-order valence-electron chi connectivity index (χ0n) is 11.0. The van der Waals surface area contributed by atoms with Crippen LogP contribution in [0.1, 0.15) is 38.5 Å². The minimum Gasteiger partial charge on any atom is -0.332 e. The topological polar surface area (TPSA) is 23.6 Å². The number of hydrogen-bond donors (Lipinski definition) is 0. The highest BCUT2D eigenvalue weighted by Gasteiger charge is 2.41. The molecule has 0 aromatic rings. The van der Waals surface area contributed by atoms with Crippen molar-refractivity contribution < 1.29 is 4.79 Å². The Hall–Kier alpha value is -1.01. The van der Waals surface area contributed by atoms with Crippen LogP contribution in [-0.2, 0) is 4.79 Å². The lowest BCUT2D eigenvalue weighted by atomic mass is 10.0. The van der Waals surface area contributed by atoms with Gasteiger partial charge in [0.2, 0.25) is 5.91 Å². The monoisotopic (exact) mass is 246 g/mol. The fourth-order valence-corrected chi connectivity index (χ4v) is 4.04. The van der Waals surface area contributed by atoms with Crippen LogP contribution < -0.4 is 0 Å². The largest absolute Gasteiger partial charge is 0.332 e. The van der Waals surface area contributed by atoms with Crippen LogP contribution in [0.4, 0.5) is 0 Å². The number of carbonyl (C=O) groups is 1. The van der Waals surface area contributed by atoms with Gasteiger partial charge in [0, 0.05) is 31.6 Å². The standard InChI is InChI=1S/C15H22N2O/c1-2-8-16-9-7-13(5-6-15(16)18)17-11-12-3-4-14(17)10-12/h1,12-14H,3-11H2. The van der Waals surface area contributed by atoms with Gasteiger partial charge in [0.25, 0.3) is 0 Å². The number of nitrogens with zero attached hydrogens (tertiary/aromatic N) is 2. The molecular weight excluding hydrogens is 224 g/mol. The van der Waals surface area contributed by atoms with E-state index in [0.29, 0.717) is 19.0 Å². The predicted molar refractivity (Wildman–Crippen MR) is 70.9 cm³/mol. The molecule has 2 saturated heterocycles. The fourth-order valence-electron chi connectivity index (χ4n) is 4.04. The van der Waals surface area contributed by atoms with E-state index in [4.69, 9.17) is 6.42 Å². The maximum atomic E-state index is 11.9. The first kappa shape index (κ1) is 12.0. The molecule has 18 heavy (non-hydrogen) atoms. The van der Waals surface area contributed by atoms with Crippen LogP contribution >= 0.6 is 0 Å². The molecule has 3 nitrogen and oxygen atoms in total. The second-order valence-electron chi connectivity index (χ2n) is 6.03. The first-order chi connectivity index (χ1) is 8.78. The van der Waals surface area contributed by atoms with Crippen LogP contribution in [0.15, 0.2) is 0 Å². The molecule has 3 unspecified atom stereocenters. The minimum atomic E-state index is 0.250. The van der Waals surface area contributed by atoms with E-state index in [9.17, 15) is 4.79 Å². The average Bonchev–Trinajstić information content (AvgIpc) is 2.95. The van der Waals surface area contributed by atoms with Crippen LogP contribution in [0, 0.1) is 18.3 Å². The van der Waals surface area contributed by atoms with Gasteiger partial charge in [-0.15, -0.1) is 6.42 Å². The summed E-state index contributed by atoms with van der Waals surface area (Å²) in [6, 6.07) is 1.43. The van der Waals surface area contributed by atoms with E-state index in [-0.39, 0.29) is 5.91 Å². The third-order valence-electron chi connectivity index (χ3n) is 4.98. The van der Waals surface area contributed by atoms with E-state index in [0.717, 1.165) is 31.3 Å². The van der Waals surface area contributed by atoms with E-state index < -0.39 is 0 Å². The van der Waals surface area contributed by atoms with Crippen molar-refractivity contribution in [2.75, 3.05) is 19.6 Å². The van der Waals surface area contributed by atoms with Crippen molar-refractivity contribution in [2.45, 2.75) is 50.6 Å². The van der Waals surface area contributed by atoms with E-state index >= 15 is 0 Å². The van der Waals surface area contributed by atoms with Crippen molar-refractivity contribution in [3.8, 4) is 12.3 Å². The van der Waals surface area contributed by atoms with Crippen LogP contribution in [0.25, 0.3) is 0 Å². The number of amides is 1. The summed E-state index contributed by atoms with van der Waals surface area (Å²) in [6.45, 7) is 2.61. The molecule has 0 radical (unpaired) electrons. The van der Waals surface area contributed by atoms with Gasteiger partial charge in [0.05, 0.1) is 6.54 Å². The zero-order valence-corrected chi connectivity index (χ0v) is 11.0. The molecule has 2 aliphatic heterocycles. The molecule has 1 amide bonds. The van der Waals surface area contributed by atoms with Gasteiger partial charge >= 0.3 is 0 Å². The van der Waals surface area contributed by atoms with Gasteiger partial charge in [-0.25, -0.2) is 0 Å². The SMILES string of the molecule is C#CCN1CCC(N2CC3CCC2C3)CCC1=O. The van der Waals surface area contributed by atoms with Crippen molar-refractivity contribution >= 4 is 5.91 Å². The zero-order chi connectivity index (χ0) is 12.5. The highest BCUT2D eigenvalue weighted by atomic mass is 16.2. The summed E-state index contributed by atoms with van der Waals surface area (Å²) in [5, 5.41) is 0. The van der Waals surface area contributed by atoms with Crippen LogP contribution in [0.3, 0.4) is 0 Å². The van der Waals surface area contributed by atoms with Gasteiger partial charge < -0.3 is 4.90 Å². The van der Waals surface area contributed by atoms with E-state index in [1.54, 1.807) is 0 Å². The van der Waals surface area contributed by atoms with E-state index in [1.807, 2.05) is 4.90 Å². The molecule has 2 bridgehead atoms. The summed E-state index contributed by atoms with van der Waals surface area (Å²) in [4.78, 5) is 16.5. The Labute approximate surface area is 110 Å². The summed E-state index contributed by atoms with van der Waals surface area (Å²) in [5.74, 6) is 3.79. The Morgan fingerprint density at radius 1 is 1.22 bits per heavy atom. The summed E-state index contributed by atoms with van der Waals surface area (Å²) in [5.41, 5.74) is 0. The van der Waals surface area contributed by atoms with Crippen molar-refractivity contribution in [3.05, 3.63) is 0 Å². The molecule has 2 heterocycles. The molecule has 3 aliphatic rings. The second-order valence-corrected chi connectivity index (χ2v) is 6.03. The highest BCUT2D eigenvalue weighted by molar-refractivity contribution is 5.76. The molecule has 3 heteroatoms. The molecule has 1 saturated carbocycles. The number of terminal acetylenes is 1. The molecule has 0 spiro atoms. The molecule has 0 aromatic heterocycles. The Balaban J connectivity index is 1.62. The molecule has 0 N–H and O–H groups in total. The van der Waals surface area contributed by atoms with Gasteiger partial charge in [-0.1, -0.05) is 5.92 Å². The number of rotatable bonds is 2. The lowest BCUT2D eigenvalue weighted by Gasteiger charge is -2.34. The first-order valence-corrected chi connectivity index (χ1v) is 7.25. The normalized spacial score (nSPS) is 36.7. The third kappa shape index (κ3) is 2.14. The Kier molecular flexibility index (Phi) is 3.30. The Morgan fingerprint density at radius 2 is 2.11 bits per heavy atom. The van der Waals surface area contributed by atoms with Gasteiger partial charge in [-0.05, 0) is 38.0 Å². The summed E-state index contributed by atoms with van der Waals surface area (Å²) in [7, 11) is 0. The van der Waals surface area contributed by atoms with Gasteiger partial charge in [-0.2, -0.15) is 0 Å². The Bertz CT molecular complexity index is 373. The van der Waals surface area contributed by atoms with Crippen LogP contribution in [0.5, 0.6) is 0 Å². The number of likely N-dealkylation sites (tertiary alicyclic amines) is 2. The van der Waals surface area contributed by atoms with Gasteiger partial charge in [0.15, 0.2) is 0 Å². The minimum absolute atomic E-state index is 0.250. The second kappa shape index (κ2) is 4.93. The number of piperidine rings is 1. The van der Waals surface area contributed by atoms with Crippen molar-refractivity contribution in [3.63, 3.8) is 0 Å².